The first-order valence-electron chi connectivity index (χ1n) is 2.11. The Morgan fingerprint density at radius 2 is 2.56 bits per heavy atom. The zero-order chi connectivity index (χ0) is 6.85. The summed E-state index contributed by atoms with van der Waals surface area (Å²) in [5, 5.41) is 0.745. The number of thiocarbonyl (C=S) groups is 1. The van der Waals surface area contributed by atoms with Crippen molar-refractivity contribution in [3.05, 3.63) is 14.1 Å². The van der Waals surface area contributed by atoms with Gasteiger partial charge in [0.15, 0.2) is 5.01 Å². The Kier molecular flexibility index (Phi) is 2.36. The van der Waals surface area contributed by atoms with Gasteiger partial charge < -0.3 is 5.73 Å². The van der Waals surface area contributed by atoms with E-state index >= 15 is 0 Å². The van der Waals surface area contributed by atoms with Gasteiger partial charge in [-0.3, -0.25) is 0 Å². The van der Waals surface area contributed by atoms with Crippen molar-refractivity contribution >= 4 is 51.1 Å². The smallest absolute Gasteiger partial charge is 0.151 e. The number of halogens is 1. The van der Waals surface area contributed by atoms with E-state index in [2.05, 4.69) is 27.6 Å². The van der Waals surface area contributed by atoms with Crippen molar-refractivity contribution in [2.45, 2.75) is 0 Å². The number of rotatable bonds is 1. The minimum atomic E-state index is 0.378. The highest BCUT2D eigenvalue weighted by Gasteiger charge is 1.99. The van der Waals surface area contributed by atoms with Crippen LogP contribution < -0.4 is 5.73 Å². The van der Waals surface area contributed by atoms with Gasteiger partial charge in [0.2, 0.25) is 0 Å². The summed E-state index contributed by atoms with van der Waals surface area (Å²) < 4.78 is 1.11. The normalized spacial score (nSPS) is 9.44. The Balaban J connectivity index is 2.98. The first kappa shape index (κ1) is 7.36. The highest BCUT2D eigenvalue weighted by atomic mass is 127. The topological polar surface area (TPSA) is 38.9 Å². The molecule has 5 heteroatoms. The van der Waals surface area contributed by atoms with Gasteiger partial charge in [-0.05, 0) is 22.6 Å². The second-order valence-electron chi connectivity index (χ2n) is 1.33. The third kappa shape index (κ3) is 1.84. The zero-order valence-electron chi connectivity index (χ0n) is 4.30. The molecule has 0 aliphatic rings. The van der Waals surface area contributed by atoms with E-state index in [0.29, 0.717) is 4.99 Å². The van der Waals surface area contributed by atoms with E-state index in [1.807, 2.05) is 0 Å². The molecular formula is C4H3IN2S2. The Hall–Kier alpha value is 0.250. The van der Waals surface area contributed by atoms with Crippen LogP contribution in [0.4, 0.5) is 0 Å². The average Bonchev–Trinajstić information content (AvgIpc) is 2.14. The van der Waals surface area contributed by atoms with E-state index in [4.69, 9.17) is 18.0 Å². The van der Waals surface area contributed by atoms with Crippen LogP contribution in [0, 0.1) is 2.88 Å². The van der Waals surface area contributed by atoms with Crippen LogP contribution in [0.3, 0.4) is 0 Å². The molecule has 0 atom stereocenters. The van der Waals surface area contributed by atoms with Gasteiger partial charge in [0.25, 0.3) is 0 Å². The first-order chi connectivity index (χ1) is 4.20. The van der Waals surface area contributed by atoms with Crippen LogP contribution in [0.25, 0.3) is 0 Å². The molecule has 0 fully saturated rings. The number of hydrogen-bond acceptors (Lipinski definition) is 3. The minimum absolute atomic E-state index is 0.378. The maximum Gasteiger partial charge on any atom is 0.151 e. The predicted molar refractivity (Wildman–Crippen MR) is 50.7 cm³/mol. The summed E-state index contributed by atoms with van der Waals surface area (Å²) in [5.74, 6) is 0. The summed E-state index contributed by atoms with van der Waals surface area (Å²) >= 11 is 8.38. The molecule has 0 saturated carbocycles. The summed E-state index contributed by atoms with van der Waals surface area (Å²) in [6.07, 6.45) is 1.75. The molecule has 0 unspecified atom stereocenters. The van der Waals surface area contributed by atoms with Gasteiger partial charge in [-0.15, -0.1) is 11.3 Å². The molecule has 2 nitrogen and oxygen atoms in total. The third-order valence-electron chi connectivity index (χ3n) is 0.688. The van der Waals surface area contributed by atoms with Crippen molar-refractivity contribution in [2.24, 2.45) is 5.73 Å². The first-order valence-corrected chi connectivity index (χ1v) is 4.41. The molecule has 0 aliphatic heterocycles. The highest BCUT2D eigenvalue weighted by molar-refractivity contribution is 14.1. The second kappa shape index (κ2) is 2.89. The third-order valence-corrected chi connectivity index (χ3v) is 2.77. The molecular weight excluding hydrogens is 267 g/mol. The quantitative estimate of drug-likeness (QED) is 0.619. The Bertz CT molecular complexity index is 232. The van der Waals surface area contributed by atoms with Crippen molar-refractivity contribution in [1.82, 2.24) is 4.98 Å². The van der Waals surface area contributed by atoms with Crippen LogP contribution in [-0.2, 0) is 0 Å². The van der Waals surface area contributed by atoms with Crippen LogP contribution in [0.1, 0.15) is 5.01 Å². The van der Waals surface area contributed by atoms with E-state index in [9.17, 15) is 0 Å². The number of nitrogens with two attached hydrogens (primary N) is 1. The molecule has 0 amide bonds. The lowest BCUT2D eigenvalue weighted by Gasteiger charge is -1.83. The fraction of sp³-hybridized carbons (Fsp3) is 0. The van der Waals surface area contributed by atoms with Crippen molar-refractivity contribution in [3.8, 4) is 0 Å². The molecule has 0 spiro atoms. The summed E-state index contributed by atoms with van der Waals surface area (Å²) in [7, 11) is 0. The molecule has 2 N–H and O–H groups in total. The standard InChI is InChI=1S/C4H3IN2S2/c5-2-1-7-4(9-2)3(6)8/h1H,(H2,6,8). The fourth-order valence-electron chi connectivity index (χ4n) is 0.368. The van der Waals surface area contributed by atoms with Gasteiger partial charge in [0, 0.05) is 0 Å². The van der Waals surface area contributed by atoms with E-state index in [0.717, 1.165) is 7.89 Å². The molecule has 1 aromatic heterocycles. The average molecular weight is 270 g/mol. The Morgan fingerprint density at radius 1 is 1.89 bits per heavy atom. The molecule has 0 bridgehead atoms. The second-order valence-corrected chi connectivity index (χ2v) is 4.70. The van der Waals surface area contributed by atoms with Crippen LogP contribution in [0.2, 0.25) is 0 Å². The number of aromatic nitrogens is 1. The highest BCUT2D eigenvalue weighted by Crippen LogP contribution is 2.13. The Labute approximate surface area is 75.6 Å². The molecule has 1 aromatic rings. The molecule has 0 radical (unpaired) electrons. The fourth-order valence-corrected chi connectivity index (χ4v) is 1.81. The number of nitrogens with zero attached hydrogens (tertiary/aromatic N) is 1. The van der Waals surface area contributed by atoms with Gasteiger partial charge >= 0.3 is 0 Å². The minimum Gasteiger partial charge on any atom is -0.387 e. The summed E-state index contributed by atoms with van der Waals surface area (Å²) in [4.78, 5) is 4.34. The van der Waals surface area contributed by atoms with E-state index < -0.39 is 0 Å². The maximum absolute atomic E-state index is 5.30. The molecule has 0 saturated heterocycles. The lowest BCUT2D eigenvalue weighted by molar-refractivity contribution is 1.38. The van der Waals surface area contributed by atoms with Gasteiger partial charge in [0.05, 0.1) is 9.08 Å². The summed E-state index contributed by atoms with van der Waals surface area (Å²) in [5.41, 5.74) is 5.30. The lowest BCUT2D eigenvalue weighted by Crippen LogP contribution is -2.07. The van der Waals surface area contributed by atoms with E-state index in [1.54, 1.807) is 6.20 Å². The largest absolute Gasteiger partial charge is 0.387 e. The van der Waals surface area contributed by atoms with Crippen molar-refractivity contribution in [3.63, 3.8) is 0 Å². The van der Waals surface area contributed by atoms with Gasteiger partial charge in [-0.25, -0.2) is 4.98 Å². The zero-order valence-corrected chi connectivity index (χ0v) is 8.09. The van der Waals surface area contributed by atoms with Crippen molar-refractivity contribution in [2.75, 3.05) is 0 Å². The summed E-state index contributed by atoms with van der Waals surface area (Å²) in [6.45, 7) is 0. The number of thiazole rings is 1. The van der Waals surface area contributed by atoms with Crippen LogP contribution in [0.5, 0.6) is 0 Å². The SMILES string of the molecule is NC(=S)c1ncc(I)s1. The van der Waals surface area contributed by atoms with Crippen molar-refractivity contribution in [1.29, 1.82) is 0 Å². The van der Waals surface area contributed by atoms with E-state index in [-0.39, 0.29) is 0 Å². The number of hydrogen-bond donors (Lipinski definition) is 1. The van der Waals surface area contributed by atoms with Gasteiger partial charge in [0.1, 0.15) is 4.99 Å². The van der Waals surface area contributed by atoms with Gasteiger partial charge in [-0.2, -0.15) is 0 Å². The molecule has 0 aliphatic carbocycles. The Morgan fingerprint density at radius 3 is 2.78 bits per heavy atom. The summed E-state index contributed by atoms with van der Waals surface area (Å²) in [6, 6.07) is 0. The molecule has 48 valence electrons. The molecule has 9 heavy (non-hydrogen) atoms. The lowest BCUT2D eigenvalue weighted by atomic mass is 10.7. The van der Waals surface area contributed by atoms with Crippen LogP contribution in [-0.4, -0.2) is 9.97 Å². The predicted octanol–water partition coefficient (Wildman–Crippen LogP) is 1.38. The molecule has 1 heterocycles. The van der Waals surface area contributed by atoms with E-state index in [1.165, 1.54) is 11.3 Å². The molecule has 1 rings (SSSR count). The monoisotopic (exact) mass is 270 g/mol. The van der Waals surface area contributed by atoms with Crippen LogP contribution in [0.15, 0.2) is 6.20 Å². The van der Waals surface area contributed by atoms with Crippen LogP contribution >= 0.6 is 46.1 Å². The van der Waals surface area contributed by atoms with Gasteiger partial charge in [-0.1, -0.05) is 12.2 Å². The maximum atomic E-state index is 5.30. The molecule has 0 aromatic carbocycles. The van der Waals surface area contributed by atoms with Crippen molar-refractivity contribution < 1.29 is 0 Å².